The Kier molecular flexibility index (Phi) is 3.74. The van der Waals surface area contributed by atoms with Gasteiger partial charge in [-0.2, -0.15) is 0 Å². The van der Waals surface area contributed by atoms with Gasteiger partial charge in [0.25, 0.3) is 0 Å². The van der Waals surface area contributed by atoms with Crippen LogP contribution in [0, 0.1) is 13.8 Å². The van der Waals surface area contributed by atoms with Crippen molar-refractivity contribution in [1.29, 1.82) is 0 Å². The Hall–Kier alpha value is -2.44. The summed E-state index contributed by atoms with van der Waals surface area (Å²) in [5.74, 6) is 0.164. The monoisotopic (exact) mass is 262 g/mol. The first-order valence-corrected chi connectivity index (χ1v) is 5.75. The first kappa shape index (κ1) is 13.0. The molecule has 0 spiro atoms. The van der Waals surface area contributed by atoms with E-state index in [4.69, 9.17) is 4.74 Å². The van der Waals surface area contributed by atoms with Crippen LogP contribution in [0.1, 0.15) is 11.6 Å². The lowest BCUT2D eigenvalue weighted by Crippen LogP contribution is -2.21. The molecule has 0 aliphatic heterocycles. The van der Waals surface area contributed by atoms with Crippen molar-refractivity contribution < 1.29 is 14.3 Å². The summed E-state index contributed by atoms with van der Waals surface area (Å²) in [6.45, 7) is 3.48. The summed E-state index contributed by atoms with van der Waals surface area (Å²) in [7, 11) is 0. The summed E-state index contributed by atoms with van der Waals surface area (Å²) in [6, 6.07) is 0. The number of nitrogens with zero attached hydrogens (tertiary/aromatic N) is 4. The zero-order valence-corrected chi connectivity index (χ0v) is 10.7. The van der Waals surface area contributed by atoms with Crippen LogP contribution < -0.4 is 0 Å². The minimum Gasteiger partial charge on any atom is -0.390 e. The summed E-state index contributed by atoms with van der Waals surface area (Å²) in [5.41, 5.74) is 0. The Morgan fingerprint density at radius 2 is 1.42 bits per heavy atom. The number of hydrogen-bond acceptors (Lipinski definition) is 5. The van der Waals surface area contributed by atoms with Crippen molar-refractivity contribution in [3.63, 3.8) is 0 Å². The summed E-state index contributed by atoms with van der Waals surface area (Å²) in [6.07, 6.45) is 6.47. The largest absolute Gasteiger partial charge is 0.390 e. The summed E-state index contributed by atoms with van der Waals surface area (Å²) in [5, 5.41) is 0. The molecule has 7 nitrogen and oxygen atoms in total. The molecule has 0 radical (unpaired) electrons. The second-order valence-electron chi connectivity index (χ2n) is 4.05. The van der Waals surface area contributed by atoms with Gasteiger partial charge < -0.3 is 13.9 Å². The van der Waals surface area contributed by atoms with Crippen LogP contribution in [-0.2, 0) is 27.4 Å². The molecule has 0 saturated heterocycles. The Labute approximate surface area is 109 Å². The number of aromatic nitrogens is 4. The number of carbonyl (C=O) groups is 2. The van der Waals surface area contributed by atoms with E-state index in [1.165, 1.54) is 0 Å². The number of imidazole rings is 2. The van der Waals surface area contributed by atoms with Gasteiger partial charge >= 0.3 is 11.9 Å². The van der Waals surface area contributed by atoms with Gasteiger partial charge in [-0.15, -0.1) is 0 Å². The van der Waals surface area contributed by atoms with Crippen molar-refractivity contribution in [2.24, 2.45) is 0 Å². The lowest BCUT2D eigenvalue weighted by atomic mass is 10.5. The Balaban J connectivity index is 1.87. The highest BCUT2D eigenvalue weighted by molar-refractivity contribution is 5.85. The highest BCUT2D eigenvalue weighted by Crippen LogP contribution is 1.99. The van der Waals surface area contributed by atoms with E-state index in [0.717, 1.165) is 0 Å². The van der Waals surface area contributed by atoms with E-state index < -0.39 is 11.9 Å². The molecule has 0 N–H and O–H groups in total. The van der Waals surface area contributed by atoms with Crippen molar-refractivity contribution in [2.75, 3.05) is 0 Å². The molecule has 2 aromatic heterocycles. The molecule has 0 aliphatic rings. The lowest BCUT2D eigenvalue weighted by Gasteiger charge is -2.06. The van der Waals surface area contributed by atoms with E-state index in [9.17, 15) is 9.59 Å². The molecule has 100 valence electrons. The van der Waals surface area contributed by atoms with Crippen LogP contribution in [0.5, 0.6) is 0 Å². The van der Waals surface area contributed by atoms with Crippen molar-refractivity contribution in [3.05, 3.63) is 36.4 Å². The number of ether oxygens (including phenoxy) is 1. The molecule has 2 heterocycles. The predicted molar refractivity (Wildman–Crippen MR) is 65.0 cm³/mol. The highest BCUT2D eigenvalue weighted by atomic mass is 16.6. The summed E-state index contributed by atoms with van der Waals surface area (Å²) < 4.78 is 7.95. The SMILES string of the molecule is Cc1nccn1CC(=O)OC(=O)Cn1ccnc1C. The van der Waals surface area contributed by atoms with Crippen LogP contribution in [-0.4, -0.2) is 31.0 Å². The summed E-state index contributed by atoms with van der Waals surface area (Å²) >= 11 is 0. The number of aryl methyl sites for hydroxylation is 2. The normalized spacial score (nSPS) is 10.4. The molecule has 0 unspecified atom stereocenters. The minimum atomic E-state index is -0.608. The van der Waals surface area contributed by atoms with Gasteiger partial charge in [0, 0.05) is 24.8 Å². The average Bonchev–Trinajstić information content (AvgIpc) is 2.90. The van der Waals surface area contributed by atoms with Gasteiger partial charge in [0.1, 0.15) is 24.7 Å². The zero-order chi connectivity index (χ0) is 13.8. The maximum Gasteiger partial charge on any atom is 0.333 e. The molecule has 2 rings (SSSR count). The first-order chi connectivity index (χ1) is 9.06. The minimum absolute atomic E-state index is 0.0273. The molecule has 0 bridgehead atoms. The van der Waals surface area contributed by atoms with Crippen LogP contribution in [0.25, 0.3) is 0 Å². The molecule has 0 atom stereocenters. The number of hydrogen-bond donors (Lipinski definition) is 0. The third-order valence-electron chi connectivity index (χ3n) is 2.67. The van der Waals surface area contributed by atoms with Crippen LogP contribution in [0.2, 0.25) is 0 Å². The maximum absolute atomic E-state index is 11.6. The molecule has 0 aromatic carbocycles. The fourth-order valence-corrected chi connectivity index (χ4v) is 1.61. The zero-order valence-electron chi connectivity index (χ0n) is 10.7. The molecule has 0 aliphatic carbocycles. The number of carbonyl (C=O) groups excluding carboxylic acids is 2. The quantitative estimate of drug-likeness (QED) is 0.591. The number of rotatable bonds is 4. The van der Waals surface area contributed by atoms with Gasteiger partial charge in [-0.05, 0) is 13.8 Å². The van der Waals surface area contributed by atoms with Gasteiger partial charge in [-0.1, -0.05) is 0 Å². The Morgan fingerprint density at radius 1 is 1.00 bits per heavy atom. The van der Waals surface area contributed by atoms with E-state index in [2.05, 4.69) is 9.97 Å². The van der Waals surface area contributed by atoms with E-state index >= 15 is 0 Å². The standard InChI is InChI=1S/C12H14N4O3/c1-9-13-3-5-15(9)7-11(17)19-12(18)8-16-6-4-14-10(16)2/h3-6H,7-8H2,1-2H3. The van der Waals surface area contributed by atoms with Crippen LogP contribution >= 0.6 is 0 Å². The molecule has 19 heavy (non-hydrogen) atoms. The predicted octanol–water partition coefficient (Wildman–Crippen LogP) is 0.466. The molecular weight excluding hydrogens is 248 g/mol. The third kappa shape index (κ3) is 3.27. The van der Waals surface area contributed by atoms with Gasteiger partial charge in [-0.25, -0.2) is 19.6 Å². The van der Waals surface area contributed by atoms with Crippen LogP contribution in [0.4, 0.5) is 0 Å². The maximum atomic E-state index is 11.6. The van der Waals surface area contributed by atoms with E-state index in [-0.39, 0.29) is 13.1 Å². The average molecular weight is 262 g/mol. The molecule has 2 aromatic rings. The Bertz CT molecular complexity index is 547. The molecule has 0 amide bonds. The second kappa shape index (κ2) is 5.47. The number of esters is 2. The Morgan fingerprint density at radius 3 is 1.74 bits per heavy atom. The molecular formula is C12H14N4O3. The lowest BCUT2D eigenvalue weighted by molar-refractivity contribution is -0.160. The first-order valence-electron chi connectivity index (χ1n) is 5.75. The van der Waals surface area contributed by atoms with Crippen LogP contribution in [0.3, 0.4) is 0 Å². The highest BCUT2D eigenvalue weighted by Gasteiger charge is 2.13. The fourth-order valence-electron chi connectivity index (χ4n) is 1.61. The molecule has 0 fully saturated rings. The third-order valence-corrected chi connectivity index (χ3v) is 2.67. The van der Waals surface area contributed by atoms with E-state index in [1.54, 1.807) is 47.8 Å². The summed E-state index contributed by atoms with van der Waals surface area (Å²) in [4.78, 5) is 31.1. The second-order valence-corrected chi connectivity index (χ2v) is 4.05. The van der Waals surface area contributed by atoms with Crippen molar-refractivity contribution in [1.82, 2.24) is 19.1 Å². The van der Waals surface area contributed by atoms with Gasteiger partial charge in [-0.3, -0.25) is 0 Å². The van der Waals surface area contributed by atoms with Gasteiger partial charge in [0.05, 0.1) is 0 Å². The molecule has 0 saturated carbocycles. The fraction of sp³-hybridized carbons (Fsp3) is 0.333. The van der Waals surface area contributed by atoms with E-state index in [0.29, 0.717) is 11.6 Å². The van der Waals surface area contributed by atoms with Gasteiger partial charge in [0.15, 0.2) is 0 Å². The molecule has 7 heteroatoms. The smallest absolute Gasteiger partial charge is 0.333 e. The topological polar surface area (TPSA) is 79.0 Å². The van der Waals surface area contributed by atoms with Crippen LogP contribution in [0.15, 0.2) is 24.8 Å². The van der Waals surface area contributed by atoms with Crippen molar-refractivity contribution >= 4 is 11.9 Å². The van der Waals surface area contributed by atoms with Crippen molar-refractivity contribution in [3.8, 4) is 0 Å². The van der Waals surface area contributed by atoms with E-state index in [1.807, 2.05) is 0 Å². The van der Waals surface area contributed by atoms with Crippen molar-refractivity contribution in [2.45, 2.75) is 26.9 Å². The van der Waals surface area contributed by atoms with Gasteiger partial charge in [0.2, 0.25) is 0 Å².